The van der Waals surface area contributed by atoms with Gasteiger partial charge >= 0.3 is 0 Å². The van der Waals surface area contributed by atoms with E-state index < -0.39 is 0 Å². The zero-order valence-corrected chi connectivity index (χ0v) is 14.2. The van der Waals surface area contributed by atoms with Gasteiger partial charge in [-0.2, -0.15) is 5.10 Å². The average molecular weight is 337 g/mol. The van der Waals surface area contributed by atoms with Gasteiger partial charge in [-0.25, -0.2) is 4.39 Å². The number of hydrogen-bond donors (Lipinski definition) is 1. The minimum Gasteiger partial charge on any atom is -0.306 e. The highest BCUT2D eigenvalue weighted by Gasteiger charge is 2.34. The lowest BCUT2D eigenvalue weighted by Crippen LogP contribution is -2.36. The number of aromatic nitrogens is 2. The van der Waals surface area contributed by atoms with Gasteiger partial charge < -0.3 is 5.32 Å². The summed E-state index contributed by atoms with van der Waals surface area (Å²) in [7, 11) is 1.91. The third kappa shape index (κ3) is 3.57. The molecule has 3 rings (SSSR count). The summed E-state index contributed by atoms with van der Waals surface area (Å²) in [6, 6.07) is 7.59. The molecule has 1 N–H and O–H groups in total. The Labute approximate surface area is 141 Å². The second-order valence-electron chi connectivity index (χ2n) is 6.00. The fourth-order valence-corrected chi connectivity index (χ4v) is 3.47. The first-order valence-corrected chi connectivity index (χ1v) is 8.37. The molecule has 2 atom stereocenters. The molecule has 1 aliphatic heterocycles. The first kappa shape index (κ1) is 16.4. The average Bonchev–Trinajstić information content (AvgIpc) is 3.13. The molecule has 1 fully saturated rings. The highest BCUT2D eigenvalue weighted by Crippen LogP contribution is 2.33. The van der Waals surface area contributed by atoms with Crippen molar-refractivity contribution in [1.29, 1.82) is 0 Å². The summed E-state index contributed by atoms with van der Waals surface area (Å²) in [6.45, 7) is 4.80. The van der Waals surface area contributed by atoms with Crippen LogP contribution in [0.4, 0.5) is 4.39 Å². The van der Waals surface area contributed by atoms with Gasteiger partial charge in [0.2, 0.25) is 0 Å². The van der Waals surface area contributed by atoms with Crippen molar-refractivity contribution < 1.29 is 4.39 Å². The maximum absolute atomic E-state index is 13.9. The van der Waals surface area contributed by atoms with E-state index in [1.807, 2.05) is 25.4 Å². The number of halogens is 2. The molecule has 1 aromatic carbocycles. The van der Waals surface area contributed by atoms with E-state index in [-0.39, 0.29) is 22.9 Å². The van der Waals surface area contributed by atoms with Gasteiger partial charge in [0.05, 0.1) is 16.8 Å². The predicted molar refractivity (Wildman–Crippen MR) is 89.9 cm³/mol. The van der Waals surface area contributed by atoms with Crippen LogP contribution in [0.5, 0.6) is 0 Å². The number of benzene rings is 1. The summed E-state index contributed by atoms with van der Waals surface area (Å²) >= 11 is 5.82. The number of aryl methyl sites for hydroxylation is 1. The summed E-state index contributed by atoms with van der Waals surface area (Å²) in [5.41, 5.74) is 1.99. The Bertz CT molecular complexity index is 672. The molecule has 1 aromatic heterocycles. The van der Waals surface area contributed by atoms with E-state index in [1.54, 1.807) is 16.8 Å². The summed E-state index contributed by atoms with van der Waals surface area (Å²) < 4.78 is 15.7. The van der Waals surface area contributed by atoms with Gasteiger partial charge in [-0.05, 0) is 36.7 Å². The molecule has 0 bridgehead atoms. The topological polar surface area (TPSA) is 33.1 Å². The van der Waals surface area contributed by atoms with E-state index in [4.69, 9.17) is 11.6 Å². The molecule has 0 amide bonds. The molecule has 6 heteroatoms. The number of likely N-dealkylation sites (N-methyl/N-ethyl adjacent to an activating group) is 1. The van der Waals surface area contributed by atoms with Crippen molar-refractivity contribution in [3.05, 3.63) is 52.6 Å². The van der Waals surface area contributed by atoms with E-state index in [2.05, 4.69) is 22.2 Å². The van der Waals surface area contributed by atoms with Crippen LogP contribution in [0.25, 0.3) is 0 Å². The van der Waals surface area contributed by atoms with Gasteiger partial charge in [-0.15, -0.1) is 0 Å². The smallest absolute Gasteiger partial charge is 0.142 e. The van der Waals surface area contributed by atoms with Crippen LogP contribution in [-0.2, 0) is 13.6 Å². The van der Waals surface area contributed by atoms with Crippen LogP contribution in [0.1, 0.15) is 30.6 Å². The van der Waals surface area contributed by atoms with E-state index >= 15 is 0 Å². The van der Waals surface area contributed by atoms with Crippen molar-refractivity contribution in [2.45, 2.75) is 32.0 Å². The minimum absolute atomic E-state index is 0.162. The monoisotopic (exact) mass is 336 g/mol. The molecule has 2 unspecified atom stereocenters. The zero-order chi connectivity index (χ0) is 16.4. The summed E-state index contributed by atoms with van der Waals surface area (Å²) in [5.74, 6) is -0.351. The van der Waals surface area contributed by atoms with Gasteiger partial charge in [-0.1, -0.05) is 24.6 Å². The van der Waals surface area contributed by atoms with Gasteiger partial charge in [0.15, 0.2) is 0 Å². The van der Waals surface area contributed by atoms with Crippen molar-refractivity contribution in [2.75, 3.05) is 13.1 Å². The van der Waals surface area contributed by atoms with Crippen molar-refractivity contribution >= 4 is 11.6 Å². The van der Waals surface area contributed by atoms with Crippen LogP contribution in [0.2, 0.25) is 5.02 Å². The number of nitrogens with zero attached hydrogens (tertiary/aromatic N) is 3. The van der Waals surface area contributed by atoms with Crippen LogP contribution in [0.15, 0.2) is 30.5 Å². The van der Waals surface area contributed by atoms with Crippen LogP contribution in [0.3, 0.4) is 0 Å². The third-order valence-electron chi connectivity index (χ3n) is 4.51. The number of hydrogen-bond acceptors (Lipinski definition) is 3. The second-order valence-corrected chi connectivity index (χ2v) is 6.41. The molecular weight excluding hydrogens is 315 g/mol. The summed E-state index contributed by atoms with van der Waals surface area (Å²) in [6.07, 6.45) is 2.98. The van der Waals surface area contributed by atoms with E-state index in [1.165, 1.54) is 0 Å². The fraction of sp³-hybridized carbons (Fsp3) is 0.471. The Kier molecular flexibility index (Phi) is 4.99. The highest BCUT2D eigenvalue weighted by molar-refractivity contribution is 6.30. The molecule has 23 heavy (non-hydrogen) atoms. The molecule has 0 saturated carbocycles. The lowest BCUT2D eigenvalue weighted by atomic mass is 9.99. The van der Waals surface area contributed by atoms with Crippen LogP contribution < -0.4 is 5.32 Å². The standard InChI is InChI=1S/C17H22ClFN4/c1-3-23-9-7-16(20-11-13-6-8-22(2)21-13)17(23)12-4-5-14(18)15(19)10-12/h4-6,8,10,16-17,20H,3,7,9,11H2,1-2H3. The van der Waals surface area contributed by atoms with E-state index in [9.17, 15) is 4.39 Å². The van der Waals surface area contributed by atoms with Gasteiger partial charge in [-0.3, -0.25) is 9.58 Å². The molecule has 0 aliphatic carbocycles. The molecule has 1 saturated heterocycles. The first-order chi connectivity index (χ1) is 11.1. The van der Waals surface area contributed by atoms with Crippen LogP contribution >= 0.6 is 11.6 Å². The largest absolute Gasteiger partial charge is 0.306 e. The molecule has 124 valence electrons. The lowest BCUT2D eigenvalue weighted by molar-refractivity contribution is 0.247. The lowest BCUT2D eigenvalue weighted by Gasteiger charge is -2.28. The molecule has 0 spiro atoms. The highest BCUT2D eigenvalue weighted by atomic mass is 35.5. The summed E-state index contributed by atoms with van der Waals surface area (Å²) in [5, 5.41) is 8.16. The maximum Gasteiger partial charge on any atom is 0.142 e. The van der Waals surface area contributed by atoms with E-state index in [0.717, 1.165) is 37.3 Å². The Morgan fingerprint density at radius 1 is 1.39 bits per heavy atom. The zero-order valence-electron chi connectivity index (χ0n) is 13.5. The van der Waals surface area contributed by atoms with E-state index in [0.29, 0.717) is 0 Å². The normalized spacial score (nSPS) is 21.9. The summed E-state index contributed by atoms with van der Waals surface area (Å²) in [4.78, 5) is 2.37. The molecule has 2 heterocycles. The molecule has 4 nitrogen and oxygen atoms in total. The SMILES string of the molecule is CCN1CCC(NCc2ccn(C)n2)C1c1ccc(Cl)c(F)c1. The molecule has 0 radical (unpaired) electrons. The van der Waals surface area contributed by atoms with Gasteiger partial charge in [0, 0.05) is 32.4 Å². The first-order valence-electron chi connectivity index (χ1n) is 7.99. The predicted octanol–water partition coefficient (Wildman–Crippen LogP) is 3.14. The minimum atomic E-state index is -0.351. The maximum atomic E-state index is 13.9. The van der Waals surface area contributed by atoms with Gasteiger partial charge in [0.25, 0.3) is 0 Å². The number of likely N-dealkylation sites (tertiary alicyclic amines) is 1. The Hall–Kier alpha value is -1.43. The van der Waals surface area contributed by atoms with Crippen molar-refractivity contribution in [3.8, 4) is 0 Å². The molecular formula is C17H22ClFN4. The van der Waals surface area contributed by atoms with Gasteiger partial charge in [0.1, 0.15) is 5.82 Å². The second kappa shape index (κ2) is 6.99. The number of nitrogens with one attached hydrogen (secondary N) is 1. The molecule has 1 aliphatic rings. The van der Waals surface area contributed by atoms with Crippen molar-refractivity contribution in [3.63, 3.8) is 0 Å². The quantitative estimate of drug-likeness (QED) is 0.910. The third-order valence-corrected chi connectivity index (χ3v) is 4.81. The number of rotatable bonds is 5. The molecule has 2 aromatic rings. The Morgan fingerprint density at radius 2 is 2.22 bits per heavy atom. The fourth-order valence-electron chi connectivity index (χ4n) is 3.36. The Morgan fingerprint density at radius 3 is 2.87 bits per heavy atom. The van der Waals surface area contributed by atoms with Crippen molar-refractivity contribution in [1.82, 2.24) is 20.0 Å². The van der Waals surface area contributed by atoms with Crippen LogP contribution in [0, 0.1) is 5.82 Å². The van der Waals surface area contributed by atoms with Crippen LogP contribution in [-0.4, -0.2) is 33.8 Å². The van der Waals surface area contributed by atoms with Crippen molar-refractivity contribution in [2.24, 2.45) is 7.05 Å². The Balaban J connectivity index is 1.76.